The van der Waals surface area contributed by atoms with Crippen LogP contribution in [0.1, 0.15) is 105 Å². The van der Waals surface area contributed by atoms with Crippen LogP contribution in [0.2, 0.25) is 0 Å². The molecule has 0 bridgehead atoms. The predicted octanol–water partition coefficient (Wildman–Crippen LogP) is 7.49. The van der Waals surface area contributed by atoms with Crippen LogP contribution in [0.5, 0.6) is 0 Å². The first-order valence-corrected chi connectivity index (χ1v) is 15.8. The number of benzene rings is 2. The van der Waals surface area contributed by atoms with Crippen LogP contribution in [0.3, 0.4) is 0 Å². The van der Waals surface area contributed by atoms with Gasteiger partial charge in [0.15, 0.2) is 0 Å². The summed E-state index contributed by atoms with van der Waals surface area (Å²) in [5.74, 6) is -0.768. The molecular formula is C35H54F2N2O4. The van der Waals surface area contributed by atoms with Gasteiger partial charge in [-0.3, -0.25) is 9.59 Å². The second-order valence-electron chi connectivity index (χ2n) is 11.6. The maximum atomic E-state index is 12.9. The van der Waals surface area contributed by atoms with Crippen LogP contribution in [0.15, 0.2) is 36.4 Å². The summed E-state index contributed by atoms with van der Waals surface area (Å²) in [7, 11) is 0. The topological polar surface area (TPSA) is 78.9 Å². The average molecular weight is 605 g/mol. The highest BCUT2D eigenvalue weighted by Gasteiger charge is 2.23. The quantitative estimate of drug-likeness (QED) is 0.234. The number of carbonyl (C=O) groups excluding carboxylic acids is 2. The Morgan fingerprint density at radius 1 is 0.884 bits per heavy atom. The van der Waals surface area contributed by atoms with Crippen LogP contribution in [-0.2, 0) is 4.74 Å². The molecule has 3 rings (SSSR count). The summed E-state index contributed by atoms with van der Waals surface area (Å²) in [5.41, 5.74) is 2.49. The van der Waals surface area contributed by atoms with E-state index in [1.54, 1.807) is 19.1 Å². The molecule has 0 aromatic heterocycles. The maximum absolute atomic E-state index is 12.9. The minimum Gasteiger partial charge on any atom is -0.390 e. The second kappa shape index (κ2) is 21.0. The molecule has 2 amide bonds. The number of hydrogen-bond acceptors (Lipinski definition) is 4. The van der Waals surface area contributed by atoms with E-state index in [0.717, 1.165) is 24.5 Å². The summed E-state index contributed by atoms with van der Waals surface area (Å²) in [6.45, 7) is 16.7. The van der Waals surface area contributed by atoms with Crippen molar-refractivity contribution in [3.63, 3.8) is 0 Å². The van der Waals surface area contributed by atoms with Crippen molar-refractivity contribution < 1.29 is 28.2 Å². The van der Waals surface area contributed by atoms with Gasteiger partial charge < -0.3 is 20.1 Å². The molecule has 6 nitrogen and oxygen atoms in total. The average Bonchev–Trinajstić information content (AvgIpc) is 3.79. The molecule has 2 atom stereocenters. The molecule has 0 aliphatic heterocycles. The highest BCUT2D eigenvalue weighted by Crippen LogP contribution is 2.28. The monoisotopic (exact) mass is 604 g/mol. The van der Waals surface area contributed by atoms with E-state index in [9.17, 15) is 23.5 Å². The van der Waals surface area contributed by atoms with Crippen molar-refractivity contribution in [1.82, 2.24) is 10.2 Å². The molecule has 0 heterocycles. The number of rotatable bonds is 14. The lowest BCUT2D eigenvalue weighted by Crippen LogP contribution is -2.36. The summed E-state index contributed by atoms with van der Waals surface area (Å²) < 4.78 is 29.9. The first-order valence-electron chi connectivity index (χ1n) is 15.8. The van der Waals surface area contributed by atoms with E-state index in [1.807, 2.05) is 24.8 Å². The van der Waals surface area contributed by atoms with Gasteiger partial charge in [-0.15, -0.1) is 0 Å². The third-order valence-corrected chi connectivity index (χ3v) is 6.95. The van der Waals surface area contributed by atoms with Gasteiger partial charge in [0.2, 0.25) is 0 Å². The molecule has 0 radical (unpaired) electrons. The Kier molecular flexibility index (Phi) is 18.6. The number of halogens is 2. The molecule has 2 aromatic rings. The molecule has 2 N–H and O–H groups in total. The zero-order valence-corrected chi connectivity index (χ0v) is 27.3. The molecule has 1 aliphatic carbocycles. The van der Waals surface area contributed by atoms with E-state index in [2.05, 4.69) is 33.0 Å². The highest BCUT2D eigenvalue weighted by atomic mass is 19.1. The molecule has 1 aliphatic rings. The summed E-state index contributed by atoms with van der Waals surface area (Å²) in [6, 6.07) is 8.71. The van der Waals surface area contributed by atoms with E-state index >= 15 is 0 Å². The fourth-order valence-electron chi connectivity index (χ4n) is 4.06. The van der Waals surface area contributed by atoms with Gasteiger partial charge in [0.25, 0.3) is 11.8 Å². The Bertz CT molecular complexity index is 1050. The van der Waals surface area contributed by atoms with E-state index in [-0.39, 0.29) is 17.7 Å². The summed E-state index contributed by atoms with van der Waals surface area (Å²) in [5, 5.41) is 13.1. The van der Waals surface area contributed by atoms with E-state index in [4.69, 9.17) is 4.74 Å². The van der Waals surface area contributed by atoms with Crippen LogP contribution in [0.25, 0.3) is 0 Å². The summed E-state index contributed by atoms with van der Waals surface area (Å²) in [6.07, 6.45) is 6.26. The lowest BCUT2D eigenvalue weighted by atomic mass is 10.0. The molecular weight excluding hydrogens is 550 g/mol. The number of nitrogens with zero attached hydrogens (tertiary/aromatic N) is 1. The van der Waals surface area contributed by atoms with Gasteiger partial charge in [-0.25, -0.2) is 8.78 Å². The van der Waals surface area contributed by atoms with Crippen LogP contribution in [0, 0.1) is 37.3 Å². The van der Waals surface area contributed by atoms with Gasteiger partial charge in [0.05, 0.1) is 12.7 Å². The van der Waals surface area contributed by atoms with Gasteiger partial charge in [-0.2, -0.15) is 0 Å². The molecule has 0 saturated heterocycles. The Balaban J connectivity index is 0.000000586. The van der Waals surface area contributed by atoms with Crippen LogP contribution in [0.4, 0.5) is 8.78 Å². The van der Waals surface area contributed by atoms with Gasteiger partial charge in [0, 0.05) is 49.4 Å². The molecule has 1 fully saturated rings. The number of aryl methyl sites for hydroxylation is 2. The zero-order valence-electron chi connectivity index (χ0n) is 27.3. The maximum Gasteiger partial charge on any atom is 0.253 e. The first-order chi connectivity index (χ1) is 20.4. The normalized spacial score (nSPS) is 13.5. The molecule has 0 spiro atoms. The Morgan fingerprint density at radius 2 is 1.42 bits per heavy atom. The zero-order chi connectivity index (χ0) is 32.4. The Labute approximate surface area is 258 Å². The minimum atomic E-state index is -0.615. The number of aliphatic hydroxyl groups excluding tert-OH is 1. The van der Waals surface area contributed by atoms with E-state index in [0.29, 0.717) is 55.5 Å². The number of nitrogens with one attached hydrogen (secondary N) is 1. The van der Waals surface area contributed by atoms with Crippen molar-refractivity contribution in [2.24, 2.45) is 11.8 Å². The number of amides is 2. The van der Waals surface area contributed by atoms with E-state index < -0.39 is 17.7 Å². The summed E-state index contributed by atoms with van der Waals surface area (Å²) in [4.78, 5) is 27.4. The Hall–Kier alpha value is -2.84. The second-order valence-corrected chi connectivity index (χ2v) is 11.6. The first kappa shape index (κ1) is 38.2. The van der Waals surface area contributed by atoms with Crippen molar-refractivity contribution in [3.8, 4) is 0 Å². The smallest absolute Gasteiger partial charge is 0.253 e. The van der Waals surface area contributed by atoms with E-state index in [1.165, 1.54) is 37.8 Å². The predicted molar refractivity (Wildman–Crippen MR) is 170 cm³/mol. The third-order valence-electron chi connectivity index (χ3n) is 6.95. The van der Waals surface area contributed by atoms with Gasteiger partial charge in [-0.1, -0.05) is 47.5 Å². The highest BCUT2D eigenvalue weighted by molar-refractivity contribution is 6.00. The number of ether oxygens (including phenoxy) is 1. The SMILES string of the molecule is CCCC.CCCN(CCC)C(=O)c1cc(C)cc(C(=O)NCC(C)C(O)COCC2CC2)c1.Cc1cc(F)cc(F)c1. The fraction of sp³-hybridized carbons (Fsp3) is 0.600. The lowest BCUT2D eigenvalue weighted by Gasteiger charge is -2.22. The third kappa shape index (κ3) is 16.0. The van der Waals surface area contributed by atoms with Crippen LogP contribution in [-0.4, -0.2) is 60.8 Å². The van der Waals surface area contributed by atoms with Crippen molar-refractivity contribution >= 4 is 11.8 Å². The molecule has 242 valence electrons. The van der Waals surface area contributed by atoms with Crippen molar-refractivity contribution in [1.29, 1.82) is 0 Å². The van der Waals surface area contributed by atoms with Crippen LogP contribution >= 0.6 is 0 Å². The molecule has 43 heavy (non-hydrogen) atoms. The van der Waals surface area contributed by atoms with Gasteiger partial charge >= 0.3 is 0 Å². The molecule has 1 saturated carbocycles. The fourth-order valence-corrected chi connectivity index (χ4v) is 4.06. The van der Waals surface area contributed by atoms with Gasteiger partial charge in [0.1, 0.15) is 11.6 Å². The summed E-state index contributed by atoms with van der Waals surface area (Å²) >= 11 is 0. The number of unbranched alkanes of at least 4 members (excludes halogenated alkanes) is 1. The van der Waals surface area contributed by atoms with Crippen molar-refractivity contribution in [2.45, 2.75) is 93.1 Å². The number of aliphatic hydroxyl groups is 1. The minimum absolute atomic E-state index is 0.0342. The van der Waals surface area contributed by atoms with Crippen molar-refractivity contribution in [3.05, 3.63) is 70.3 Å². The van der Waals surface area contributed by atoms with Gasteiger partial charge in [-0.05, 0) is 86.9 Å². The molecule has 8 heteroatoms. The van der Waals surface area contributed by atoms with Crippen LogP contribution < -0.4 is 5.32 Å². The number of carbonyl (C=O) groups is 2. The standard InChI is InChI=1S/C24H38N2O4.C7H6F2.C4H10/c1-5-9-26(10-6-2)24(29)21-12-17(3)11-20(13-21)23(28)25-14-18(4)22(27)16-30-15-19-7-8-19;1-5-2-6(8)4-7(9)3-5;1-3-4-2/h11-13,18-19,22,27H,5-10,14-16H2,1-4H3,(H,25,28);2-4H,1H3;3-4H2,1-2H3. The number of hydrogen-bond donors (Lipinski definition) is 2. The molecule has 2 aromatic carbocycles. The lowest BCUT2D eigenvalue weighted by molar-refractivity contribution is 0.00586. The van der Waals surface area contributed by atoms with Crippen molar-refractivity contribution in [2.75, 3.05) is 32.8 Å². The largest absolute Gasteiger partial charge is 0.390 e. The molecule has 2 unspecified atom stereocenters. The Morgan fingerprint density at radius 3 is 1.91 bits per heavy atom.